The zero-order chi connectivity index (χ0) is 24.4. The summed E-state index contributed by atoms with van der Waals surface area (Å²) >= 11 is 0. The van der Waals surface area contributed by atoms with Crippen molar-refractivity contribution in [1.82, 2.24) is 14.5 Å². The van der Waals surface area contributed by atoms with Crippen molar-refractivity contribution in [3.05, 3.63) is 66.6 Å². The van der Waals surface area contributed by atoms with Crippen molar-refractivity contribution in [1.29, 1.82) is 0 Å². The maximum atomic E-state index is 6.41. The quantitative estimate of drug-likeness (QED) is 0.365. The summed E-state index contributed by atoms with van der Waals surface area (Å²) < 4.78 is 8.18. The van der Waals surface area contributed by atoms with Crippen LogP contribution < -0.4 is 16.2 Å². The molecular weight excluding hydrogens is 434 g/mol. The van der Waals surface area contributed by atoms with Gasteiger partial charge >= 0.3 is 0 Å². The van der Waals surface area contributed by atoms with E-state index in [1.807, 2.05) is 42.5 Å². The molecule has 0 bridgehead atoms. The lowest BCUT2D eigenvalue weighted by atomic mass is 9.87. The molecule has 1 fully saturated rings. The maximum absolute atomic E-state index is 6.41. The number of rotatable bonds is 4. The Kier molecular flexibility index (Phi) is 6.43. The molecule has 0 spiro atoms. The summed E-state index contributed by atoms with van der Waals surface area (Å²) in [6.45, 7) is 4.28. The number of hydrogen-bond acceptors (Lipinski definition) is 5. The van der Waals surface area contributed by atoms with Crippen molar-refractivity contribution in [3.8, 4) is 34.5 Å². The van der Waals surface area contributed by atoms with Crippen LogP contribution in [0, 0.1) is 17.8 Å². The molecule has 1 saturated carbocycles. The molecule has 0 unspecified atom stereocenters. The highest BCUT2D eigenvalue weighted by molar-refractivity contribution is 6.03. The first-order chi connectivity index (χ1) is 17.0. The van der Waals surface area contributed by atoms with Gasteiger partial charge in [-0.05, 0) is 75.3 Å². The van der Waals surface area contributed by atoms with Gasteiger partial charge in [0.2, 0.25) is 0 Å². The number of nitrogen functional groups attached to an aromatic ring is 1. The first-order valence-corrected chi connectivity index (χ1v) is 12.3. The lowest BCUT2D eigenvalue weighted by Gasteiger charge is -2.22. The van der Waals surface area contributed by atoms with Gasteiger partial charge in [0, 0.05) is 23.6 Å². The van der Waals surface area contributed by atoms with Gasteiger partial charge in [-0.2, -0.15) is 0 Å². The van der Waals surface area contributed by atoms with Crippen LogP contribution in [0.4, 0.5) is 5.82 Å². The summed E-state index contributed by atoms with van der Waals surface area (Å²) in [5.41, 5.74) is 16.2. The predicted octanol–water partition coefficient (Wildman–Crippen LogP) is 5.92. The zero-order valence-corrected chi connectivity index (χ0v) is 20.2. The van der Waals surface area contributed by atoms with Crippen molar-refractivity contribution in [2.24, 2.45) is 11.7 Å². The Morgan fingerprint density at radius 2 is 1.63 bits per heavy atom. The Morgan fingerprint density at radius 3 is 2.31 bits per heavy atom. The molecule has 2 aromatic carbocycles. The Balaban J connectivity index is 1.60. The molecule has 2 heterocycles. The summed E-state index contributed by atoms with van der Waals surface area (Å²) in [4.78, 5) is 8.92. The summed E-state index contributed by atoms with van der Waals surface area (Å²) in [5, 5.41) is 0.841. The third kappa shape index (κ3) is 4.73. The molecule has 2 aromatic heterocycles. The van der Waals surface area contributed by atoms with Gasteiger partial charge in [-0.3, -0.25) is 0 Å². The van der Waals surface area contributed by atoms with Gasteiger partial charge in [0.25, 0.3) is 0 Å². The predicted molar refractivity (Wildman–Crippen MR) is 141 cm³/mol. The van der Waals surface area contributed by atoms with Gasteiger partial charge < -0.3 is 20.8 Å². The third-order valence-electron chi connectivity index (χ3n) is 6.62. The van der Waals surface area contributed by atoms with E-state index < -0.39 is 0 Å². The molecule has 1 aliphatic rings. The van der Waals surface area contributed by atoms with Crippen LogP contribution in [0.5, 0.6) is 11.5 Å². The van der Waals surface area contributed by atoms with Gasteiger partial charge in [-0.1, -0.05) is 36.3 Å². The fraction of sp³-hybridized carbons (Fsp3) is 0.310. The van der Waals surface area contributed by atoms with Crippen molar-refractivity contribution in [2.75, 3.05) is 5.73 Å². The number of aromatic nitrogens is 3. The number of ether oxygens (including phenoxy) is 1. The lowest BCUT2D eigenvalue weighted by molar-refractivity contribution is 0.384. The average molecular weight is 466 g/mol. The number of nitrogens with two attached hydrogens (primary N) is 2. The van der Waals surface area contributed by atoms with Crippen LogP contribution in [0.3, 0.4) is 0 Å². The van der Waals surface area contributed by atoms with Gasteiger partial charge in [0.05, 0.1) is 5.39 Å². The van der Waals surface area contributed by atoms with Crippen LogP contribution in [0.15, 0.2) is 60.9 Å². The van der Waals surface area contributed by atoms with Gasteiger partial charge in [-0.15, -0.1) is 0 Å². The Hall–Kier alpha value is -3.82. The van der Waals surface area contributed by atoms with E-state index >= 15 is 0 Å². The average Bonchev–Trinajstić information content (AvgIpc) is 3.20. The standard InChI is InChI=1S/C29H31N5O/c1-19(2)34-25(17-10-20-8-13-22(30)14-9-20)26(27-28(31)32-18-33-29(27)34)21-11-15-24(16-12-21)35-23-6-4-3-5-7-23/h3-7,11-12,15-16,18-20,22H,8-9,13-14,30H2,1-2H3,(H2,31,32,33). The minimum atomic E-state index is 0.158. The largest absolute Gasteiger partial charge is 0.457 e. The molecule has 5 rings (SSSR count). The van der Waals surface area contributed by atoms with Crippen molar-refractivity contribution in [2.45, 2.75) is 51.6 Å². The first kappa shape index (κ1) is 22.9. The number of hydrogen-bond donors (Lipinski definition) is 2. The number of fused-ring (bicyclic) bond motifs is 1. The van der Waals surface area contributed by atoms with Gasteiger partial charge in [0.1, 0.15) is 35.0 Å². The molecule has 0 amide bonds. The summed E-state index contributed by atoms with van der Waals surface area (Å²) in [6, 6.07) is 18.3. The van der Waals surface area contributed by atoms with Crippen molar-refractivity contribution < 1.29 is 4.74 Å². The molecule has 35 heavy (non-hydrogen) atoms. The van der Waals surface area contributed by atoms with Gasteiger partial charge in [-0.25, -0.2) is 9.97 Å². The molecule has 0 aliphatic heterocycles. The molecule has 1 aliphatic carbocycles. The minimum absolute atomic E-state index is 0.158. The SMILES string of the molecule is CC(C)n1c(C#CC2CCC(N)CC2)c(-c2ccc(Oc3ccccc3)cc2)c2c(N)ncnc21. The first-order valence-electron chi connectivity index (χ1n) is 12.3. The Labute approximate surface area is 206 Å². The number of benzene rings is 2. The fourth-order valence-corrected chi connectivity index (χ4v) is 4.81. The van der Waals surface area contributed by atoms with Crippen LogP contribution in [0.25, 0.3) is 22.2 Å². The van der Waals surface area contributed by atoms with E-state index in [4.69, 9.17) is 16.2 Å². The van der Waals surface area contributed by atoms with Crippen LogP contribution in [0.2, 0.25) is 0 Å². The van der Waals surface area contributed by atoms with Crippen LogP contribution in [0.1, 0.15) is 51.3 Å². The summed E-state index contributed by atoms with van der Waals surface area (Å²) in [5.74, 6) is 9.46. The Bertz CT molecular complexity index is 1370. The van der Waals surface area contributed by atoms with Crippen LogP contribution in [-0.4, -0.2) is 20.6 Å². The van der Waals surface area contributed by atoms with E-state index in [-0.39, 0.29) is 6.04 Å². The van der Waals surface area contributed by atoms with Gasteiger partial charge in [0.15, 0.2) is 0 Å². The third-order valence-corrected chi connectivity index (χ3v) is 6.62. The van der Waals surface area contributed by atoms with E-state index in [0.29, 0.717) is 17.8 Å². The second kappa shape index (κ2) is 9.81. The molecule has 0 atom stereocenters. The van der Waals surface area contributed by atoms with Crippen molar-refractivity contribution >= 4 is 16.9 Å². The number of anilines is 1. The fourth-order valence-electron chi connectivity index (χ4n) is 4.81. The van der Waals surface area contributed by atoms with E-state index in [0.717, 1.165) is 65.0 Å². The molecule has 0 radical (unpaired) electrons. The highest BCUT2D eigenvalue weighted by Gasteiger charge is 2.23. The van der Waals surface area contributed by atoms with E-state index in [2.05, 4.69) is 52.4 Å². The number of para-hydroxylation sites is 1. The highest BCUT2D eigenvalue weighted by atomic mass is 16.5. The summed E-state index contributed by atoms with van der Waals surface area (Å²) in [7, 11) is 0. The Morgan fingerprint density at radius 1 is 0.943 bits per heavy atom. The zero-order valence-electron chi connectivity index (χ0n) is 20.2. The monoisotopic (exact) mass is 465 g/mol. The van der Waals surface area contributed by atoms with Crippen LogP contribution >= 0.6 is 0 Å². The minimum Gasteiger partial charge on any atom is -0.457 e. The topological polar surface area (TPSA) is 92.0 Å². The molecule has 6 nitrogen and oxygen atoms in total. The normalized spacial score (nSPS) is 17.8. The van der Waals surface area contributed by atoms with E-state index in [9.17, 15) is 0 Å². The van der Waals surface area contributed by atoms with Crippen molar-refractivity contribution in [3.63, 3.8) is 0 Å². The summed E-state index contributed by atoms with van der Waals surface area (Å²) in [6.07, 6.45) is 5.66. The lowest BCUT2D eigenvalue weighted by Crippen LogP contribution is -2.25. The molecule has 178 valence electrons. The van der Waals surface area contributed by atoms with Crippen LogP contribution in [-0.2, 0) is 0 Å². The molecular formula is C29H31N5O. The van der Waals surface area contributed by atoms with E-state index in [1.54, 1.807) is 0 Å². The maximum Gasteiger partial charge on any atom is 0.147 e. The molecule has 6 heteroatoms. The smallest absolute Gasteiger partial charge is 0.147 e. The second-order valence-corrected chi connectivity index (χ2v) is 9.47. The number of nitrogens with zero attached hydrogens (tertiary/aromatic N) is 3. The molecule has 0 saturated heterocycles. The highest BCUT2D eigenvalue weighted by Crippen LogP contribution is 2.39. The molecule has 4 aromatic rings. The second-order valence-electron chi connectivity index (χ2n) is 9.47. The van der Waals surface area contributed by atoms with E-state index in [1.165, 1.54) is 6.33 Å². The molecule has 4 N–H and O–H groups in total.